The van der Waals surface area contributed by atoms with Gasteiger partial charge in [-0.1, -0.05) is 0 Å². The molecule has 0 bridgehead atoms. The van der Waals surface area contributed by atoms with Gasteiger partial charge in [-0.15, -0.1) is 0 Å². The van der Waals surface area contributed by atoms with E-state index in [-0.39, 0.29) is 6.09 Å². The maximum absolute atomic E-state index is 12.0. The molecule has 0 saturated carbocycles. The third-order valence-electron chi connectivity index (χ3n) is 4.59. The Labute approximate surface area is 157 Å². The Morgan fingerprint density at radius 2 is 2.19 bits per heavy atom. The fourth-order valence-electron chi connectivity index (χ4n) is 3.32. The van der Waals surface area contributed by atoms with Crippen molar-refractivity contribution in [1.82, 2.24) is 19.9 Å². The number of H-pyrrole nitrogens is 1. The first-order valence-corrected chi connectivity index (χ1v) is 8.98. The van der Waals surface area contributed by atoms with Crippen LogP contribution in [0.15, 0.2) is 24.4 Å². The number of rotatable bonds is 2. The van der Waals surface area contributed by atoms with Gasteiger partial charge >= 0.3 is 6.09 Å². The van der Waals surface area contributed by atoms with E-state index in [0.29, 0.717) is 24.6 Å². The number of ether oxygens (including phenoxy) is 1. The Morgan fingerprint density at radius 3 is 2.89 bits per heavy atom. The van der Waals surface area contributed by atoms with Crippen molar-refractivity contribution >= 4 is 28.0 Å². The number of nitrogens with one attached hydrogen (secondary N) is 1. The van der Waals surface area contributed by atoms with Crippen LogP contribution in [0.25, 0.3) is 21.9 Å². The standard InChI is InChI=1S/C20H21N5O2/c1-20(2,3)27-19(26)25-10-13(11-25)7-17-23-16-9-22-15-5-4-12(8-21)6-14(15)18(16)24-17/h4-6,9,13H,7,10-11H2,1-3H3,(H,23,24). The molecule has 0 unspecified atom stereocenters. The van der Waals surface area contributed by atoms with Gasteiger partial charge in [-0.2, -0.15) is 5.26 Å². The summed E-state index contributed by atoms with van der Waals surface area (Å²) in [4.78, 5) is 26.2. The third kappa shape index (κ3) is 3.43. The highest BCUT2D eigenvalue weighted by molar-refractivity contribution is 6.02. The van der Waals surface area contributed by atoms with Crippen molar-refractivity contribution in [2.75, 3.05) is 13.1 Å². The van der Waals surface area contributed by atoms with Crippen LogP contribution in [0, 0.1) is 17.2 Å². The molecule has 1 amide bonds. The lowest BCUT2D eigenvalue weighted by molar-refractivity contribution is -0.00111. The van der Waals surface area contributed by atoms with Crippen LogP contribution >= 0.6 is 0 Å². The third-order valence-corrected chi connectivity index (χ3v) is 4.59. The van der Waals surface area contributed by atoms with Crippen molar-refractivity contribution in [2.24, 2.45) is 5.92 Å². The average Bonchev–Trinajstić information content (AvgIpc) is 2.98. The zero-order chi connectivity index (χ0) is 19.2. The van der Waals surface area contributed by atoms with E-state index in [1.54, 1.807) is 17.2 Å². The number of aromatic nitrogens is 3. The van der Waals surface area contributed by atoms with E-state index in [1.165, 1.54) is 0 Å². The lowest BCUT2D eigenvalue weighted by atomic mass is 9.97. The lowest BCUT2D eigenvalue weighted by Crippen LogP contribution is -2.52. The molecule has 0 radical (unpaired) electrons. The Kier molecular flexibility index (Phi) is 3.99. The number of hydrogen-bond acceptors (Lipinski definition) is 5. The maximum atomic E-state index is 12.0. The molecule has 1 aliphatic rings. The molecule has 138 valence electrons. The smallest absolute Gasteiger partial charge is 0.410 e. The van der Waals surface area contributed by atoms with Gasteiger partial charge in [-0.3, -0.25) is 4.98 Å². The fourth-order valence-corrected chi connectivity index (χ4v) is 3.32. The second-order valence-electron chi connectivity index (χ2n) is 8.00. The molecule has 7 heteroatoms. The molecule has 7 nitrogen and oxygen atoms in total. The van der Waals surface area contributed by atoms with Crippen molar-refractivity contribution in [3.63, 3.8) is 0 Å². The summed E-state index contributed by atoms with van der Waals surface area (Å²) >= 11 is 0. The van der Waals surface area contributed by atoms with Crippen LogP contribution in [0.4, 0.5) is 4.79 Å². The molecule has 3 aromatic rings. The number of nitrogens with zero attached hydrogens (tertiary/aromatic N) is 4. The first-order chi connectivity index (χ1) is 12.8. The van der Waals surface area contributed by atoms with Gasteiger partial charge in [0, 0.05) is 30.8 Å². The van der Waals surface area contributed by atoms with Gasteiger partial charge in [0.1, 0.15) is 11.4 Å². The first-order valence-electron chi connectivity index (χ1n) is 8.98. The maximum Gasteiger partial charge on any atom is 0.410 e. The van der Waals surface area contributed by atoms with Gasteiger partial charge in [0.05, 0.1) is 34.4 Å². The second-order valence-corrected chi connectivity index (χ2v) is 8.00. The zero-order valence-corrected chi connectivity index (χ0v) is 15.6. The molecular formula is C20H21N5O2. The number of likely N-dealkylation sites (tertiary alicyclic amines) is 1. The van der Waals surface area contributed by atoms with E-state index >= 15 is 0 Å². The molecule has 1 aromatic carbocycles. The number of pyridine rings is 1. The number of aromatic amines is 1. The molecule has 0 aliphatic carbocycles. The number of fused-ring (bicyclic) bond motifs is 3. The molecule has 1 saturated heterocycles. The minimum absolute atomic E-state index is 0.261. The number of carbonyl (C=O) groups excluding carboxylic acids is 1. The molecule has 27 heavy (non-hydrogen) atoms. The highest BCUT2D eigenvalue weighted by Gasteiger charge is 2.34. The van der Waals surface area contributed by atoms with Crippen molar-refractivity contribution < 1.29 is 9.53 Å². The highest BCUT2D eigenvalue weighted by Crippen LogP contribution is 2.26. The van der Waals surface area contributed by atoms with Crippen molar-refractivity contribution in [3.05, 3.63) is 35.8 Å². The Bertz CT molecular complexity index is 1070. The summed E-state index contributed by atoms with van der Waals surface area (Å²) in [6.45, 7) is 6.94. The predicted octanol–water partition coefficient (Wildman–Crippen LogP) is 3.39. The Balaban J connectivity index is 1.49. The van der Waals surface area contributed by atoms with Gasteiger partial charge in [0.2, 0.25) is 0 Å². The molecule has 0 atom stereocenters. The monoisotopic (exact) mass is 363 g/mol. The second kappa shape index (κ2) is 6.23. The largest absolute Gasteiger partial charge is 0.444 e. The molecule has 1 N–H and O–H groups in total. The summed E-state index contributed by atoms with van der Waals surface area (Å²) in [5, 5.41) is 10.0. The molecule has 1 fully saturated rings. The van der Waals surface area contributed by atoms with Crippen molar-refractivity contribution in [1.29, 1.82) is 5.26 Å². The van der Waals surface area contributed by atoms with E-state index in [9.17, 15) is 4.79 Å². The number of carbonyl (C=O) groups is 1. The molecule has 0 spiro atoms. The normalized spacial score (nSPS) is 15.0. The summed E-state index contributed by atoms with van der Waals surface area (Å²) in [6.07, 6.45) is 2.27. The molecule has 1 aliphatic heterocycles. The number of benzene rings is 1. The number of nitriles is 1. The average molecular weight is 363 g/mol. The topological polar surface area (TPSA) is 94.9 Å². The Morgan fingerprint density at radius 1 is 1.41 bits per heavy atom. The van der Waals surface area contributed by atoms with Crippen molar-refractivity contribution in [3.8, 4) is 6.07 Å². The molecule has 3 heterocycles. The SMILES string of the molecule is CC(C)(C)OC(=O)N1CC(Cc2nc3c(cnc4ccc(C#N)cc43)[nH]2)C1. The van der Waals surface area contributed by atoms with E-state index < -0.39 is 5.60 Å². The minimum atomic E-state index is -0.475. The van der Waals surface area contributed by atoms with Crippen LogP contribution < -0.4 is 0 Å². The number of hydrogen-bond donors (Lipinski definition) is 1. The molecular weight excluding hydrogens is 342 g/mol. The molecule has 4 rings (SSSR count). The summed E-state index contributed by atoms with van der Waals surface area (Å²) in [5.41, 5.74) is 2.62. The summed E-state index contributed by atoms with van der Waals surface area (Å²) < 4.78 is 5.39. The first kappa shape index (κ1) is 17.3. The van der Waals surface area contributed by atoms with Crippen LogP contribution in [0.3, 0.4) is 0 Å². The van der Waals surface area contributed by atoms with E-state index in [1.807, 2.05) is 32.9 Å². The van der Waals surface area contributed by atoms with Crippen LogP contribution in [-0.2, 0) is 11.2 Å². The number of amides is 1. The Hall–Kier alpha value is -3.14. The van der Waals surface area contributed by atoms with E-state index in [0.717, 1.165) is 34.2 Å². The highest BCUT2D eigenvalue weighted by atomic mass is 16.6. The van der Waals surface area contributed by atoms with Crippen molar-refractivity contribution in [2.45, 2.75) is 32.8 Å². The van der Waals surface area contributed by atoms with Gasteiger partial charge in [0.15, 0.2) is 0 Å². The number of imidazole rings is 1. The summed E-state index contributed by atoms with van der Waals surface area (Å²) in [5.74, 6) is 1.22. The van der Waals surface area contributed by atoms with Gasteiger partial charge in [-0.25, -0.2) is 9.78 Å². The van der Waals surface area contributed by atoms with Crippen LogP contribution in [-0.4, -0.2) is 44.6 Å². The van der Waals surface area contributed by atoms with Crippen LogP contribution in [0.1, 0.15) is 32.2 Å². The van der Waals surface area contributed by atoms with E-state index in [4.69, 9.17) is 15.0 Å². The quantitative estimate of drug-likeness (QED) is 0.753. The molecule has 2 aromatic heterocycles. The minimum Gasteiger partial charge on any atom is -0.444 e. The summed E-state index contributed by atoms with van der Waals surface area (Å²) in [6, 6.07) is 7.58. The summed E-state index contributed by atoms with van der Waals surface area (Å²) in [7, 11) is 0. The predicted molar refractivity (Wildman–Crippen MR) is 101 cm³/mol. The van der Waals surface area contributed by atoms with Crippen LogP contribution in [0.5, 0.6) is 0 Å². The van der Waals surface area contributed by atoms with Gasteiger partial charge < -0.3 is 14.6 Å². The fraction of sp³-hybridized carbons (Fsp3) is 0.400. The lowest BCUT2D eigenvalue weighted by Gasteiger charge is -2.39. The van der Waals surface area contributed by atoms with Gasteiger partial charge in [0.25, 0.3) is 0 Å². The van der Waals surface area contributed by atoms with Gasteiger partial charge in [-0.05, 0) is 39.0 Å². The van der Waals surface area contributed by atoms with Crippen LogP contribution in [0.2, 0.25) is 0 Å². The zero-order valence-electron chi connectivity index (χ0n) is 15.6. The van der Waals surface area contributed by atoms with E-state index in [2.05, 4.69) is 16.0 Å².